The molecule has 186 valence electrons. The van der Waals surface area contributed by atoms with Gasteiger partial charge in [-0.3, -0.25) is 14.4 Å². The van der Waals surface area contributed by atoms with Crippen LogP contribution in [0.2, 0.25) is 0 Å². The number of carbonyl (C=O) groups excluding carboxylic acids is 3. The molecule has 0 aromatic heterocycles. The first-order chi connectivity index (χ1) is 17.5. The number of anilines is 2. The largest absolute Gasteiger partial charge is 0.495 e. The molecule has 0 bridgehead atoms. The smallest absolute Gasteiger partial charge is 0.329 e. The third-order valence-electron chi connectivity index (χ3n) is 4.64. The summed E-state index contributed by atoms with van der Waals surface area (Å²) in [6, 6.07) is 20.4. The minimum absolute atomic E-state index is 0.189. The van der Waals surface area contributed by atoms with E-state index in [9.17, 15) is 14.4 Å². The summed E-state index contributed by atoms with van der Waals surface area (Å²) in [5.41, 5.74) is 3.82. The van der Waals surface area contributed by atoms with Gasteiger partial charge in [-0.15, -0.1) is 0 Å². The molecule has 10 nitrogen and oxygen atoms in total. The lowest BCUT2D eigenvalue weighted by Gasteiger charge is -2.10. The fraction of sp³-hybridized carbons (Fsp3) is 0.154. The Morgan fingerprint density at radius 1 is 0.833 bits per heavy atom. The van der Waals surface area contributed by atoms with Crippen molar-refractivity contribution in [3.8, 4) is 17.2 Å². The van der Waals surface area contributed by atoms with Gasteiger partial charge in [0.1, 0.15) is 17.2 Å². The molecule has 0 aliphatic carbocycles. The molecule has 10 heteroatoms. The van der Waals surface area contributed by atoms with E-state index in [-0.39, 0.29) is 12.5 Å². The van der Waals surface area contributed by atoms with Gasteiger partial charge in [-0.05, 0) is 73.2 Å². The highest BCUT2D eigenvalue weighted by Crippen LogP contribution is 2.23. The van der Waals surface area contributed by atoms with Crippen LogP contribution in [0.25, 0.3) is 0 Å². The SMILES string of the molecule is CCOc1ccc(NC(=O)C(=O)N/N=C\c2ccc(OCC(=O)Nc3ccccc3OC)cc2)cc1. The molecule has 0 saturated heterocycles. The number of para-hydroxylation sites is 2. The molecule has 0 saturated carbocycles. The number of carbonyl (C=O) groups is 3. The predicted molar refractivity (Wildman–Crippen MR) is 136 cm³/mol. The number of hydrogen-bond donors (Lipinski definition) is 3. The maximum absolute atomic E-state index is 12.1. The first-order valence-electron chi connectivity index (χ1n) is 11.0. The summed E-state index contributed by atoms with van der Waals surface area (Å²) in [5.74, 6) is -0.419. The highest BCUT2D eigenvalue weighted by atomic mass is 16.5. The van der Waals surface area contributed by atoms with Crippen molar-refractivity contribution in [1.29, 1.82) is 0 Å². The quantitative estimate of drug-likeness (QED) is 0.228. The standard InChI is InChI=1S/C26H26N4O6/c1-3-35-20-14-10-19(11-15-20)28-25(32)26(33)30-27-16-18-8-12-21(13-9-18)36-17-24(31)29-22-6-4-5-7-23(22)34-2/h4-16H,3,17H2,1-2H3,(H,28,32)(H,29,31)(H,30,33)/b27-16-. The first kappa shape index (κ1) is 25.8. The third kappa shape index (κ3) is 7.87. The summed E-state index contributed by atoms with van der Waals surface area (Å²) in [6.07, 6.45) is 1.38. The average molecular weight is 491 g/mol. The molecule has 0 fully saturated rings. The Balaban J connectivity index is 1.42. The Morgan fingerprint density at radius 3 is 2.19 bits per heavy atom. The monoisotopic (exact) mass is 490 g/mol. The highest BCUT2D eigenvalue weighted by Gasteiger charge is 2.13. The van der Waals surface area contributed by atoms with Crippen LogP contribution in [0.1, 0.15) is 12.5 Å². The minimum Gasteiger partial charge on any atom is -0.495 e. The van der Waals surface area contributed by atoms with E-state index in [2.05, 4.69) is 21.2 Å². The van der Waals surface area contributed by atoms with E-state index in [0.717, 1.165) is 0 Å². The van der Waals surface area contributed by atoms with E-state index in [1.807, 2.05) is 6.92 Å². The van der Waals surface area contributed by atoms with Gasteiger partial charge in [-0.25, -0.2) is 5.43 Å². The van der Waals surface area contributed by atoms with Crippen LogP contribution in [-0.4, -0.2) is 44.3 Å². The molecular formula is C26H26N4O6. The molecule has 0 heterocycles. The summed E-state index contributed by atoms with van der Waals surface area (Å²) in [5, 5.41) is 8.99. The Morgan fingerprint density at radius 2 is 1.50 bits per heavy atom. The van der Waals surface area contributed by atoms with E-state index in [0.29, 0.717) is 40.8 Å². The first-order valence-corrected chi connectivity index (χ1v) is 11.0. The van der Waals surface area contributed by atoms with Crippen LogP contribution in [0.3, 0.4) is 0 Å². The molecule has 0 atom stereocenters. The zero-order valence-electron chi connectivity index (χ0n) is 19.8. The number of hydrazone groups is 1. The summed E-state index contributed by atoms with van der Waals surface area (Å²) < 4.78 is 16.0. The zero-order valence-corrected chi connectivity index (χ0v) is 19.8. The summed E-state index contributed by atoms with van der Waals surface area (Å²) in [7, 11) is 1.52. The van der Waals surface area contributed by atoms with Crippen molar-refractivity contribution in [3.63, 3.8) is 0 Å². The van der Waals surface area contributed by atoms with Crippen LogP contribution in [-0.2, 0) is 14.4 Å². The lowest BCUT2D eigenvalue weighted by atomic mass is 10.2. The van der Waals surface area contributed by atoms with Gasteiger partial charge in [0.15, 0.2) is 6.61 Å². The number of methoxy groups -OCH3 is 1. The van der Waals surface area contributed by atoms with Crippen LogP contribution in [0.4, 0.5) is 11.4 Å². The third-order valence-corrected chi connectivity index (χ3v) is 4.64. The van der Waals surface area contributed by atoms with Crippen LogP contribution in [0.15, 0.2) is 77.9 Å². The molecule has 3 aromatic rings. The van der Waals surface area contributed by atoms with Gasteiger partial charge in [-0.2, -0.15) is 5.10 Å². The molecule has 3 N–H and O–H groups in total. The Bertz CT molecular complexity index is 1210. The second-order valence-electron chi connectivity index (χ2n) is 7.22. The van der Waals surface area contributed by atoms with Gasteiger partial charge in [0, 0.05) is 5.69 Å². The van der Waals surface area contributed by atoms with Crippen molar-refractivity contribution >= 4 is 35.3 Å². The molecule has 0 aliphatic rings. The van der Waals surface area contributed by atoms with E-state index in [4.69, 9.17) is 14.2 Å². The van der Waals surface area contributed by atoms with E-state index >= 15 is 0 Å². The Labute approximate surface area is 208 Å². The maximum Gasteiger partial charge on any atom is 0.329 e. The van der Waals surface area contributed by atoms with Crippen LogP contribution < -0.4 is 30.3 Å². The summed E-state index contributed by atoms with van der Waals surface area (Å²) >= 11 is 0. The topological polar surface area (TPSA) is 127 Å². The van der Waals surface area contributed by atoms with Crippen molar-refractivity contribution in [2.45, 2.75) is 6.92 Å². The normalized spacial score (nSPS) is 10.4. The van der Waals surface area contributed by atoms with E-state index in [1.165, 1.54) is 13.3 Å². The molecule has 3 aromatic carbocycles. The highest BCUT2D eigenvalue weighted by molar-refractivity contribution is 6.39. The maximum atomic E-state index is 12.1. The van der Waals surface area contributed by atoms with Gasteiger partial charge < -0.3 is 24.8 Å². The molecule has 3 amide bonds. The number of nitrogens with one attached hydrogen (secondary N) is 3. The van der Waals surface area contributed by atoms with Gasteiger partial charge in [0.25, 0.3) is 5.91 Å². The van der Waals surface area contributed by atoms with Crippen molar-refractivity contribution in [3.05, 3.63) is 78.4 Å². The summed E-state index contributed by atoms with van der Waals surface area (Å²) in [4.78, 5) is 36.1. The fourth-order valence-corrected chi connectivity index (χ4v) is 2.94. The van der Waals surface area contributed by atoms with Crippen molar-refractivity contribution in [2.24, 2.45) is 5.10 Å². The van der Waals surface area contributed by atoms with Gasteiger partial charge >= 0.3 is 11.8 Å². The van der Waals surface area contributed by atoms with Gasteiger partial charge in [0.2, 0.25) is 0 Å². The zero-order chi connectivity index (χ0) is 25.8. The van der Waals surface area contributed by atoms with Gasteiger partial charge in [-0.1, -0.05) is 12.1 Å². The second-order valence-corrected chi connectivity index (χ2v) is 7.22. The molecule has 0 aliphatic heterocycles. The fourth-order valence-electron chi connectivity index (χ4n) is 2.94. The second kappa shape index (κ2) is 13.1. The molecule has 36 heavy (non-hydrogen) atoms. The minimum atomic E-state index is -0.916. The number of hydrogen-bond acceptors (Lipinski definition) is 7. The lowest BCUT2D eigenvalue weighted by Crippen LogP contribution is -2.32. The van der Waals surface area contributed by atoms with Crippen LogP contribution in [0.5, 0.6) is 17.2 Å². The molecule has 0 radical (unpaired) electrons. The number of amides is 3. The molecule has 3 rings (SSSR count). The Kier molecular flexibility index (Phi) is 9.40. The van der Waals surface area contributed by atoms with Gasteiger partial charge in [0.05, 0.1) is 25.6 Å². The Hall–Kier alpha value is -4.86. The molecule has 0 spiro atoms. The van der Waals surface area contributed by atoms with Crippen molar-refractivity contribution in [2.75, 3.05) is 31.0 Å². The molecular weight excluding hydrogens is 464 g/mol. The average Bonchev–Trinajstić information content (AvgIpc) is 2.89. The lowest BCUT2D eigenvalue weighted by molar-refractivity contribution is -0.136. The summed E-state index contributed by atoms with van der Waals surface area (Å²) in [6.45, 7) is 2.21. The molecule has 0 unspecified atom stereocenters. The number of rotatable bonds is 10. The van der Waals surface area contributed by atoms with E-state index in [1.54, 1.807) is 72.8 Å². The van der Waals surface area contributed by atoms with E-state index < -0.39 is 11.8 Å². The number of nitrogens with zero attached hydrogens (tertiary/aromatic N) is 1. The number of ether oxygens (including phenoxy) is 3. The number of benzene rings is 3. The van der Waals surface area contributed by atoms with Crippen LogP contribution in [0, 0.1) is 0 Å². The van der Waals surface area contributed by atoms with Crippen molar-refractivity contribution in [1.82, 2.24) is 5.43 Å². The predicted octanol–water partition coefficient (Wildman–Crippen LogP) is 3.20. The van der Waals surface area contributed by atoms with Crippen LogP contribution >= 0.6 is 0 Å². The van der Waals surface area contributed by atoms with Crippen molar-refractivity contribution < 1.29 is 28.6 Å².